The van der Waals surface area contributed by atoms with Crippen LogP contribution in [0.4, 0.5) is 5.69 Å². The molecule has 0 unspecified atom stereocenters. The van der Waals surface area contributed by atoms with Crippen molar-refractivity contribution < 1.29 is 8.47 Å². The zero-order chi connectivity index (χ0) is 21.8. The van der Waals surface area contributed by atoms with Gasteiger partial charge in [0.25, 0.3) is 12.3 Å². The summed E-state index contributed by atoms with van der Waals surface area (Å²) in [7, 11) is 0. The van der Waals surface area contributed by atoms with Crippen molar-refractivity contribution >= 4 is 39.6 Å². The Morgan fingerprint density at radius 1 is 0.656 bits per heavy atom. The second-order valence-corrected chi connectivity index (χ2v) is 8.24. The van der Waals surface area contributed by atoms with Gasteiger partial charge in [0.1, 0.15) is 5.75 Å². The summed E-state index contributed by atoms with van der Waals surface area (Å²) in [4.78, 5) is 0. The maximum Gasteiger partial charge on any atom is 0.250 e. The Kier molecular flexibility index (Phi) is 5.97. The summed E-state index contributed by atoms with van der Waals surface area (Å²) < 4.78 is 11.9. The second kappa shape index (κ2) is 9.35. The number of hydroxylamine groups is 1. The van der Waals surface area contributed by atoms with Gasteiger partial charge in [0.15, 0.2) is 0 Å². The molecule has 0 saturated carbocycles. The average molecular weight is 438 g/mol. The predicted octanol–water partition coefficient (Wildman–Crippen LogP) is 7.88. The van der Waals surface area contributed by atoms with E-state index in [-0.39, 0.29) is 0 Å². The summed E-state index contributed by atoms with van der Waals surface area (Å²) in [5, 5.41) is 6.62. The van der Waals surface area contributed by atoms with Gasteiger partial charge in [0.2, 0.25) is 0 Å². The number of aryl methyl sites for hydroxylation is 1. The first-order chi connectivity index (χ1) is 15.7. The molecule has 0 aliphatic carbocycles. The van der Waals surface area contributed by atoms with Crippen LogP contribution in [0.25, 0.3) is 21.5 Å². The maximum atomic E-state index is 6.03. The Bertz CT molecular complexity index is 1350. The summed E-state index contributed by atoms with van der Waals surface area (Å²) in [5.74, 6) is 0.753. The summed E-state index contributed by atoms with van der Waals surface area (Å²) in [6.07, 6.45) is 0. The molecule has 158 valence electrons. The molecule has 0 atom stereocenters. The molecule has 5 aromatic rings. The highest BCUT2D eigenvalue weighted by atomic mass is 32.2. The van der Waals surface area contributed by atoms with Crippen LogP contribution in [0.2, 0.25) is 0 Å². The van der Waals surface area contributed by atoms with Crippen molar-refractivity contribution in [3.63, 3.8) is 0 Å². The van der Waals surface area contributed by atoms with Crippen molar-refractivity contribution in [1.82, 2.24) is 0 Å². The summed E-state index contributed by atoms with van der Waals surface area (Å²) >= 11 is 0.971. The van der Waals surface area contributed by atoms with Crippen LogP contribution in [-0.4, -0.2) is 0 Å². The normalized spacial score (nSPS) is 11.0. The topological polar surface area (TPSA) is 21.7 Å². The van der Waals surface area contributed by atoms with Gasteiger partial charge in [-0.15, -0.1) is 0 Å². The highest BCUT2D eigenvalue weighted by Crippen LogP contribution is 2.27. The number of hydrogen-bond donors (Lipinski definition) is 0. The summed E-state index contributed by atoms with van der Waals surface area (Å²) in [5.41, 5.74) is 3.34. The molecular formula is C28H23NO2S. The molecule has 5 rings (SSSR count). The van der Waals surface area contributed by atoms with E-state index in [1.54, 1.807) is 0 Å². The fraction of sp³-hybridized carbons (Fsp3) is 0.0714. The van der Waals surface area contributed by atoms with E-state index in [0.29, 0.717) is 6.54 Å². The minimum absolute atomic E-state index is 0.599. The summed E-state index contributed by atoms with van der Waals surface area (Å²) in [6, 6.07) is 37.4. The summed E-state index contributed by atoms with van der Waals surface area (Å²) in [6.45, 7) is 2.68. The van der Waals surface area contributed by atoms with Gasteiger partial charge in [0.05, 0.1) is 12.2 Å². The standard InChI is InChI=1S/C28H23NO2S/c1-21-10-15-27(16-11-21)29(20-22-12-13-23-6-2-4-8-25(23)18-22)31-32-30-28-17-14-24-7-3-5-9-26(24)19-28/h2-19H,20H2,1H3. The van der Waals surface area contributed by atoms with E-state index >= 15 is 0 Å². The van der Waals surface area contributed by atoms with Crippen molar-refractivity contribution in [3.8, 4) is 5.75 Å². The van der Waals surface area contributed by atoms with Crippen LogP contribution < -0.4 is 9.25 Å². The third kappa shape index (κ3) is 4.72. The van der Waals surface area contributed by atoms with Crippen LogP contribution in [-0.2, 0) is 10.8 Å². The van der Waals surface area contributed by atoms with E-state index in [9.17, 15) is 0 Å². The van der Waals surface area contributed by atoms with Gasteiger partial charge >= 0.3 is 0 Å². The van der Waals surface area contributed by atoms with Gasteiger partial charge in [-0.1, -0.05) is 84.4 Å². The lowest BCUT2D eigenvalue weighted by atomic mass is 10.1. The molecule has 0 bridgehead atoms. The molecule has 32 heavy (non-hydrogen) atoms. The number of fused-ring (bicyclic) bond motifs is 2. The zero-order valence-corrected chi connectivity index (χ0v) is 18.6. The second-order valence-electron chi connectivity index (χ2n) is 7.79. The lowest BCUT2D eigenvalue weighted by Crippen LogP contribution is -2.20. The van der Waals surface area contributed by atoms with E-state index in [2.05, 4.69) is 91.9 Å². The van der Waals surface area contributed by atoms with Gasteiger partial charge < -0.3 is 4.18 Å². The van der Waals surface area contributed by atoms with Gasteiger partial charge in [-0.25, -0.2) is 5.06 Å². The van der Waals surface area contributed by atoms with E-state index in [0.717, 1.165) is 34.7 Å². The average Bonchev–Trinajstić information content (AvgIpc) is 2.84. The molecule has 0 aliphatic rings. The first-order valence-electron chi connectivity index (χ1n) is 10.6. The van der Waals surface area contributed by atoms with Crippen molar-refractivity contribution in [2.24, 2.45) is 0 Å². The fourth-order valence-corrected chi connectivity index (χ4v) is 4.11. The van der Waals surface area contributed by atoms with Crippen molar-refractivity contribution in [3.05, 3.63) is 120 Å². The third-order valence-corrected chi connectivity index (χ3v) is 5.93. The molecule has 3 nitrogen and oxygen atoms in total. The predicted molar refractivity (Wildman–Crippen MR) is 135 cm³/mol. The number of nitrogens with zero attached hydrogens (tertiary/aromatic N) is 1. The largest absolute Gasteiger partial charge is 0.399 e. The molecule has 0 heterocycles. The van der Waals surface area contributed by atoms with E-state index in [1.807, 2.05) is 29.3 Å². The monoisotopic (exact) mass is 437 g/mol. The molecule has 0 radical (unpaired) electrons. The Morgan fingerprint density at radius 2 is 1.28 bits per heavy atom. The van der Waals surface area contributed by atoms with Crippen LogP contribution in [0.5, 0.6) is 5.75 Å². The van der Waals surface area contributed by atoms with Crippen molar-refractivity contribution in [2.75, 3.05) is 5.06 Å². The van der Waals surface area contributed by atoms with Crippen LogP contribution >= 0.6 is 12.3 Å². The fourth-order valence-electron chi connectivity index (χ4n) is 3.69. The molecule has 0 amide bonds. The lowest BCUT2D eigenvalue weighted by molar-refractivity contribution is 0.303. The molecule has 0 N–H and O–H groups in total. The molecule has 0 saturated heterocycles. The van der Waals surface area contributed by atoms with E-state index in [1.165, 1.54) is 21.7 Å². The number of benzene rings is 5. The third-order valence-electron chi connectivity index (χ3n) is 5.43. The van der Waals surface area contributed by atoms with Crippen LogP contribution in [0.15, 0.2) is 109 Å². The number of anilines is 1. The van der Waals surface area contributed by atoms with E-state index < -0.39 is 0 Å². The Labute approximate surface area is 192 Å². The highest BCUT2D eigenvalue weighted by molar-refractivity contribution is 7.90. The van der Waals surface area contributed by atoms with Gasteiger partial charge in [0, 0.05) is 0 Å². The maximum absolute atomic E-state index is 6.03. The zero-order valence-electron chi connectivity index (χ0n) is 17.8. The quantitative estimate of drug-likeness (QED) is 0.191. The molecular weight excluding hydrogens is 414 g/mol. The first kappa shape index (κ1) is 20.4. The molecule has 0 spiro atoms. The molecule has 5 aromatic carbocycles. The first-order valence-corrected chi connectivity index (χ1v) is 11.2. The highest BCUT2D eigenvalue weighted by Gasteiger charge is 2.11. The van der Waals surface area contributed by atoms with E-state index in [4.69, 9.17) is 8.47 Å². The Hall–Kier alpha value is -3.47. The van der Waals surface area contributed by atoms with Gasteiger partial charge in [-0.2, -0.15) is 4.28 Å². The van der Waals surface area contributed by atoms with Crippen LogP contribution in [0, 0.1) is 6.92 Å². The SMILES string of the molecule is Cc1ccc(N(Cc2ccc3ccccc3c2)OSOc2ccc3ccccc3c2)cc1. The Morgan fingerprint density at radius 3 is 2.00 bits per heavy atom. The lowest BCUT2D eigenvalue weighted by Gasteiger charge is -2.22. The minimum Gasteiger partial charge on any atom is -0.399 e. The van der Waals surface area contributed by atoms with Gasteiger partial charge in [-0.05, 0) is 64.4 Å². The molecule has 0 aliphatic heterocycles. The number of rotatable bonds is 7. The molecule has 4 heteroatoms. The molecule has 0 fully saturated rings. The van der Waals surface area contributed by atoms with Crippen molar-refractivity contribution in [2.45, 2.75) is 13.5 Å². The van der Waals surface area contributed by atoms with Crippen LogP contribution in [0.1, 0.15) is 11.1 Å². The number of hydrogen-bond acceptors (Lipinski definition) is 4. The van der Waals surface area contributed by atoms with Crippen LogP contribution in [0.3, 0.4) is 0 Å². The Balaban J connectivity index is 1.33. The minimum atomic E-state index is 0.599. The molecule has 0 aromatic heterocycles. The van der Waals surface area contributed by atoms with Crippen molar-refractivity contribution in [1.29, 1.82) is 0 Å². The van der Waals surface area contributed by atoms with Gasteiger partial charge in [-0.3, -0.25) is 0 Å². The smallest absolute Gasteiger partial charge is 0.250 e.